The number of para-hydroxylation sites is 1. The Hall–Kier alpha value is -3.18. The molecule has 0 spiro atoms. The summed E-state index contributed by atoms with van der Waals surface area (Å²) in [5.74, 6) is -1.29. The third-order valence-corrected chi connectivity index (χ3v) is 5.79. The van der Waals surface area contributed by atoms with E-state index in [1.807, 2.05) is 6.07 Å². The van der Waals surface area contributed by atoms with E-state index >= 15 is 0 Å². The van der Waals surface area contributed by atoms with Crippen LogP contribution in [-0.2, 0) is 14.8 Å². The van der Waals surface area contributed by atoms with Gasteiger partial charge in [0.2, 0.25) is 5.91 Å². The number of fused-ring (bicyclic) bond motifs is 1. The van der Waals surface area contributed by atoms with Crippen molar-refractivity contribution in [1.82, 2.24) is 4.31 Å². The first-order valence-corrected chi connectivity index (χ1v) is 9.29. The molecule has 0 unspecified atom stereocenters. The lowest BCUT2D eigenvalue weighted by molar-refractivity contribution is -0.118. The van der Waals surface area contributed by atoms with Crippen LogP contribution in [0.25, 0.3) is 0 Å². The number of carbonyl (C=O) groups excluding carboxylic acids is 2. The van der Waals surface area contributed by atoms with Crippen molar-refractivity contribution >= 4 is 27.5 Å². The molecule has 2 aromatic carbocycles. The molecule has 0 aromatic heterocycles. The molecule has 1 aliphatic heterocycles. The number of benzene rings is 2. The van der Waals surface area contributed by atoms with Crippen molar-refractivity contribution < 1.29 is 18.0 Å². The molecule has 2 aromatic rings. The van der Waals surface area contributed by atoms with Gasteiger partial charge in [-0.1, -0.05) is 30.3 Å². The van der Waals surface area contributed by atoms with E-state index in [0.717, 1.165) is 0 Å². The lowest BCUT2D eigenvalue weighted by Crippen LogP contribution is -2.43. The lowest BCUT2D eigenvalue weighted by atomic mass is 10.2. The van der Waals surface area contributed by atoms with Crippen LogP contribution in [0.1, 0.15) is 16.8 Å². The molecule has 26 heavy (non-hydrogen) atoms. The molecule has 0 aliphatic carbocycles. The lowest BCUT2D eigenvalue weighted by Gasteiger charge is -2.24. The Balaban J connectivity index is 1.89. The Morgan fingerprint density at radius 3 is 2.38 bits per heavy atom. The summed E-state index contributed by atoms with van der Waals surface area (Å²) in [4.78, 5) is 26.4. The first-order chi connectivity index (χ1) is 12.5. The average Bonchev–Trinajstić information content (AvgIpc) is 2.84. The molecule has 0 atom stereocenters. The summed E-state index contributed by atoms with van der Waals surface area (Å²) >= 11 is 0. The van der Waals surface area contributed by atoms with E-state index in [1.165, 1.54) is 23.1 Å². The number of amides is 2. The van der Waals surface area contributed by atoms with E-state index in [4.69, 9.17) is 5.26 Å². The molecule has 0 fully saturated rings. The van der Waals surface area contributed by atoms with Crippen LogP contribution in [0.5, 0.6) is 0 Å². The summed E-state index contributed by atoms with van der Waals surface area (Å²) in [5.41, 5.74) is 0.595. The zero-order valence-electron chi connectivity index (χ0n) is 13.7. The van der Waals surface area contributed by atoms with Gasteiger partial charge in [-0.05, 0) is 24.3 Å². The van der Waals surface area contributed by atoms with Crippen molar-refractivity contribution in [2.45, 2.75) is 11.3 Å². The van der Waals surface area contributed by atoms with E-state index in [-0.39, 0.29) is 23.4 Å². The summed E-state index contributed by atoms with van der Waals surface area (Å²) < 4.78 is 25.8. The molecule has 7 nitrogen and oxygen atoms in total. The van der Waals surface area contributed by atoms with Crippen LogP contribution in [0.3, 0.4) is 0 Å². The van der Waals surface area contributed by atoms with Crippen LogP contribution >= 0.6 is 0 Å². The van der Waals surface area contributed by atoms with Crippen molar-refractivity contribution in [3.63, 3.8) is 0 Å². The van der Waals surface area contributed by atoms with Crippen LogP contribution in [0.15, 0.2) is 59.5 Å². The number of nitrogens with zero attached hydrogens (tertiary/aromatic N) is 3. The number of carbonyl (C=O) groups is 2. The predicted molar refractivity (Wildman–Crippen MR) is 93.7 cm³/mol. The quantitative estimate of drug-likeness (QED) is 0.800. The van der Waals surface area contributed by atoms with Crippen LogP contribution in [-0.4, -0.2) is 37.6 Å². The molecule has 2 amide bonds. The topological polar surface area (TPSA) is 98.5 Å². The van der Waals surface area contributed by atoms with Crippen LogP contribution in [0.4, 0.5) is 5.69 Å². The number of anilines is 1. The number of sulfonamides is 1. The summed E-state index contributed by atoms with van der Waals surface area (Å²) in [6, 6.07) is 16.4. The van der Waals surface area contributed by atoms with Gasteiger partial charge in [-0.25, -0.2) is 12.7 Å². The second-order valence-corrected chi connectivity index (χ2v) is 7.43. The van der Waals surface area contributed by atoms with Crippen molar-refractivity contribution in [1.29, 1.82) is 5.26 Å². The minimum Gasteiger partial charge on any atom is -0.310 e. The molecule has 0 saturated carbocycles. The molecule has 132 valence electrons. The summed E-state index contributed by atoms with van der Waals surface area (Å²) in [7, 11) is -4.06. The standard InChI is InChI=1S/C18H15N3O4S/c19-11-6-12-20(14-7-2-1-3-8-14)17(22)13-21-18(23)15-9-4-5-10-16(15)26(21,24)25/h1-5,7-10H,6,12-13H2. The SMILES string of the molecule is N#CCCN(C(=O)CN1C(=O)c2ccccc2S1(=O)=O)c1ccccc1. The van der Waals surface area contributed by atoms with E-state index in [0.29, 0.717) is 9.99 Å². The molecule has 0 bridgehead atoms. The van der Waals surface area contributed by atoms with E-state index < -0.39 is 28.4 Å². The van der Waals surface area contributed by atoms with Gasteiger partial charge >= 0.3 is 0 Å². The predicted octanol–water partition coefficient (Wildman–Crippen LogP) is 1.78. The van der Waals surface area contributed by atoms with Gasteiger partial charge in [0, 0.05) is 12.2 Å². The largest absolute Gasteiger partial charge is 0.310 e. The van der Waals surface area contributed by atoms with Crippen molar-refractivity contribution in [3.8, 4) is 6.07 Å². The molecule has 8 heteroatoms. The van der Waals surface area contributed by atoms with E-state index in [1.54, 1.807) is 36.4 Å². The zero-order valence-corrected chi connectivity index (χ0v) is 14.5. The van der Waals surface area contributed by atoms with Gasteiger partial charge in [0.15, 0.2) is 0 Å². The summed E-state index contributed by atoms with van der Waals surface area (Å²) in [6.45, 7) is -0.509. The number of nitriles is 1. The maximum absolute atomic E-state index is 12.7. The fourth-order valence-corrected chi connectivity index (χ4v) is 4.28. The summed E-state index contributed by atoms with van der Waals surface area (Å²) in [6.07, 6.45) is 0.0849. The molecular weight excluding hydrogens is 354 g/mol. The van der Waals surface area contributed by atoms with Crippen molar-refractivity contribution in [2.75, 3.05) is 18.0 Å². The van der Waals surface area contributed by atoms with Gasteiger partial charge in [-0.2, -0.15) is 5.26 Å². The van der Waals surface area contributed by atoms with E-state index in [9.17, 15) is 18.0 Å². The number of hydrogen-bond donors (Lipinski definition) is 0. The Kier molecular flexibility index (Phi) is 4.73. The van der Waals surface area contributed by atoms with Crippen molar-refractivity contribution in [3.05, 3.63) is 60.2 Å². The maximum Gasteiger partial charge on any atom is 0.269 e. The first kappa shape index (κ1) is 17.6. The highest BCUT2D eigenvalue weighted by molar-refractivity contribution is 7.90. The van der Waals surface area contributed by atoms with Crippen LogP contribution in [0.2, 0.25) is 0 Å². The van der Waals surface area contributed by atoms with E-state index in [2.05, 4.69) is 0 Å². The second kappa shape index (κ2) is 6.98. The highest BCUT2D eigenvalue weighted by Gasteiger charge is 2.42. The molecular formula is C18H15N3O4S. The third kappa shape index (κ3) is 3.05. The normalized spacial score (nSPS) is 14.6. The minimum absolute atomic E-state index is 0.0589. The smallest absolute Gasteiger partial charge is 0.269 e. The van der Waals surface area contributed by atoms with Gasteiger partial charge in [0.05, 0.1) is 18.1 Å². The number of rotatable bonds is 5. The van der Waals surface area contributed by atoms with Crippen LogP contribution in [0, 0.1) is 11.3 Å². The Morgan fingerprint density at radius 1 is 1.08 bits per heavy atom. The summed E-state index contributed by atoms with van der Waals surface area (Å²) in [5, 5.41) is 8.82. The van der Waals surface area contributed by atoms with Crippen LogP contribution < -0.4 is 4.90 Å². The van der Waals surface area contributed by atoms with Gasteiger partial charge in [-0.15, -0.1) is 0 Å². The van der Waals surface area contributed by atoms with Gasteiger partial charge < -0.3 is 4.90 Å². The molecule has 0 N–H and O–H groups in total. The highest BCUT2D eigenvalue weighted by atomic mass is 32.2. The average molecular weight is 369 g/mol. The number of hydrogen-bond acceptors (Lipinski definition) is 5. The van der Waals surface area contributed by atoms with Gasteiger partial charge in [0.25, 0.3) is 15.9 Å². The van der Waals surface area contributed by atoms with Gasteiger partial charge in [-0.3, -0.25) is 9.59 Å². The minimum atomic E-state index is -4.06. The monoisotopic (exact) mass is 369 g/mol. The highest BCUT2D eigenvalue weighted by Crippen LogP contribution is 2.30. The molecule has 1 heterocycles. The Morgan fingerprint density at radius 2 is 1.73 bits per heavy atom. The zero-order chi connectivity index (χ0) is 18.7. The fraction of sp³-hybridized carbons (Fsp3) is 0.167. The fourth-order valence-electron chi connectivity index (χ4n) is 2.76. The van der Waals surface area contributed by atoms with Crippen molar-refractivity contribution in [2.24, 2.45) is 0 Å². The Bertz CT molecular complexity index is 997. The molecule has 0 saturated heterocycles. The molecule has 3 rings (SSSR count). The molecule has 0 radical (unpaired) electrons. The maximum atomic E-state index is 12.7. The molecule has 1 aliphatic rings. The third-order valence-electron chi connectivity index (χ3n) is 4.01. The first-order valence-electron chi connectivity index (χ1n) is 7.85. The second-order valence-electron chi connectivity index (χ2n) is 5.60. The van der Waals surface area contributed by atoms with Gasteiger partial charge in [0.1, 0.15) is 11.4 Å². The Labute approximate surface area is 151 Å².